The maximum absolute atomic E-state index is 11.9. The summed E-state index contributed by atoms with van der Waals surface area (Å²) in [6.07, 6.45) is 3.22. The maximum Gasteiger partial charge on any atom is 0.243 e. The van der Waals surface area contributed by atoms with Gasteiger partial charge < -0.3 is 10.6 Å². The fourth-order valence-electron chi connectivity index (χ4n) is 2.20. The van der Waals surface area contributed by atoms with Crippen LogP contribution in [0.15, 0.2) is 0 Å². The second-order valence-electron chi connectivity index (χ2n) is 4.53. The Balaban J connectivity index is 2.37. The fourth-order valence-corrected chi connectivity index (χ4v) is 3.60. The van der Waals surface area contributed by atoms with E-state index in [0.29, 0.717) is 11.0 Å². The maximum atomic E-state index is 11.9. The van der Waals surface area contributed by atoms with Crippen molar-refractivity contribution in [2.75, 3.05) is 11.5 Å². The molecule has 0 spiro atoms. The highest BCUT2D eigenvalue weighted by atomic mass is 32.2. The molecule has 0 aliphatic heterocycles. The third kappa shape index (κ3) is 5.10. The Morgan fingerprint density at radius 3 is 2.72 bits per heavy atom. The Morgan fingerprint density at radius 1 is 1.44 bits per heavy atom. The number of nitrogens with one attached hydrogen (secondary N) is 2. The van der Waals surface area contributed by atoms with Gasteiger partial charge in [0.15, 0.2) is 0 Å². The van der Waals surface area contributed by atoms with E-state index < -0.39 is 6.04 Å². The standard InChI is InChI=1S/C12H22N2O2S2/c1-3-18-10-5-4-9(6-10)14-12(16)11(7-17)13-8(2)15/h9-11,17H,3-7H2,1-2H3,(H,13,15)(H,14,16). The molecular weight excluding hydrogens is 268 g/mol. The molecule has 0 heterocycles. The van der Waals surface area contributed by atoms with E-state index in [1.807, 2.05) is 11.8 Å². The van der Waals surface area contributed by atoms with Gasteiger partial charge in [0.25, 0.3) is 0 Å². The first kappa shape index (κ1) is 15.7. The molecule has 0 aromatic heterocycles. The Kier molecular flexibility index (Phi) is 6.92. The van der Waals surface area contributed by atoms with E-state index in [1.165, 1.54) is 6.92 Å². The monoisotopic (exact) mass is 290 g/mol. The molecule has 1 rings (SSSR count). The van der Waals surface area contributed by atoms with Crippen molar-refractivity contribution in [1.29, 1.82) is 0 Å². The molecule has 0 aromatic carbocycles. The zero-order valence-corrected chi connectivity index (χ0v) is 12.7. The molecular formula is C12H22N2O2S2. The molecule has 0 aromatic rings. The smallest absolute Gasteiger partial charge is 0.243 e. The van der Waals surface area contributed by atoms with E-state index in [-0.39, 0.29) is 17.9 Å². The third-order valence-corrected chi connectivity index (χ3v) is 4.61. The summed E-state index contributed by atoms with van der Waals surface area (Å²) in [6, 6.07) is -0.276. The molecule has 1 aliphatic carbocycles. The van der Waals surface area contributed by atoms with Crippen molar-refractivity contribution in [2.45, 2.75) is 50.4 Å². The van der Waals surface area contributed by atoms with E-state index in [4.69, 9.17) is 0 Å². The van der Waals surface area contributed by atoms with E-state index >= 15 is 0 Å². The van der Waals surface area contributed by atoms with Crippen molar-refractivity contribution in [3.8, 4) is 0 Å². The van der Waals surface area contributed by atoms with Crippen LogP contribution < -0.4 is 10.6 Å². The minimum Gasteiger partial charge on any atom is -0.352 e. The van der Waals surface area contributed by atoms with Crippen LogP contribution in [0.1, 0.15) is 33.1 Å². The van der Waals surface area contributed by atoms with Crippen LogP contribution in [0.25, 0.3) is 0 Å². The Labute approximate surface area is 118 Å². The normalized spacial score (nSPS) is 24.6. The van der Waals surface area contributed by atoms with Gasteiger partial charge in [-0.1, -0.05) is 6.92 Å². The van der Waals surface area contributed by atoms with Crippen molar-refractivity contribution < 1.29 is 9.59 Å². The molecule has 0 bridgehead atoms. The van der Waals surface area contributed by atoms with Crippen LogP contribution in [-0.2, 0) is 9.59 Å². The minimum absolute atomic E-state index is 0.118. The highest BCUT2D eigenvalue weighted by Gasteiger charge is 2.28. The molecule has 3 atom stereocenters. The highest BCUT2D eigenvalue weighted by Crippen LogP contribution is 2.29. The highest BCUT2D eigenvalue weighted by molar-refractivity contribution is 7.99. The number of amides is 2. The number of thioether (sulfide) groups is 1. The van der Waals surface area contributed by atoms with E-state index in [9.17, 15) is 9.59 Å². The van der Waals surface area contributed by atoms with Crippen LogP contribution in [0.2, 0.25) is 0 Å². The van der Waals surface area contributed by atoms with Crippen molar-refractivity contribution in [1.82, 2.24) is 10.6 Å². The number of rotatable bonds is 6. The summed E-state index contributed by atoms with van der Waals surface area (Å²) >= 11 is 6.06. The van der Waals surface area contributed by atoms with Crippen molar-refractivity contribution in [2.24, 2.45) is 0 Å². The number of carbonyl (C=O) groups is 2. The Morgan fingerprint density at radius 2 is 2.17 bits per heavy atom. The predicted molar refractivity (Wildman–Crippen MR) is 79.2 cm³/mol. The SMILES string of the molecule is CCSC1CCC(NC(=O)C(CS)NC(C)=O)C1. The van der Waals surface area contributed by atoms with Crippen molar-refractivity contribution in [3.05, 3.63) is 0 Å². The van der Waals surface area contributed by atoms with Gasteiger partial charge in [-0.3, -0.25) is 9.59 Å². The summed E-state index contributed by atoms with van der Waals surface area (Å²) in [4.78, 5) is 22.9. The summed E-state index contributed by atoms with van der Waals surface area (Å²) in [5, 5.41) is 6.28. The second kappa shape index (κ2) is 7.94. The van der Waals surface area contributed by atoms with Crippen LogP contribution >= 0.6 is 24.4 Å². The van der Waals surface area contributed by atoms with Gasteiger partial charge in [0.2, 0.25) is 11.8 Å². The third-order valence-electron chi connectivity index (χ3n) is 3.01. The molecule has 3 unspecified atom stereocenters. The first-order chi connectivity index (χ1) is 8.56. The van der Waals surface area contributed by atoms with Gasteiger partial charge in [-0.2, -0.15) is 24.4 Å². The van der Waals surface area contributed by atoms with Gasteiger partial charge in [0, 0.05) is 24.0 Å². The Bertz CT molecular complexity index is 300. The summed E-state index contributed by atoms with van der Waals surface area (Å²) in [5.74, 6) is 1.13. The van der Waals surface area contributed by atoms with Gasteiger partial charge >= 0.3 is 0 Å². The van der Waals surface area contributed by atoms with Crippen LogP contribution in [0.4, 0.5) is 0 Å². The number of thiol groups is 1. The van der Waals surface area contributed by atoms with E-state index in [1.54, 1.807) is 0 Å². The van der Waals surface area contributed by atoms with E-state index in [0.717, 1.165) is 25.0 Å². The van der Waals surface area contributed by atoms with Crippen LogP contribution in [0.3, 0.4) is 0 Å². The van der Waals surface area contributed by atoms with Gasteiger partial charge in [0.1, 0.15) is 6.04 Å². The second-order valence-corrected chi connectivity index (χ2v) is 6.47. The minimum atomic E-state index is -0.524. The topological polar surface area (TPSA) is 58.2 Å². The molecule has 2 N–H and O–H groups in total. The molecule has 0 radical (unpaired) electrons. The summed E-state index contributed by atoms with van der Waals surface area (Å²) < 4.78 is 0. The summed E-state index contributed by atoms with van der Waals surface area (Å²) in [5.41, 5.74) is 0. The van der Waals surface area contributed by atoms with Gasteiger partial charge in [0.05, 0.1) is 0 Å². The van der Waals surface area contributed by atoms with Gasteiger partial charge in [-0.15, -0.1) is 0 Å². The molecule has 1 aliphatic rings. The number of hydrogen-bond acceptors (Lipinski definition) is 4. The number of hydrogen-bond donors (Lipinski definition) is 3. The summed E-state index contributed by atoms with van der Waals surface area (Å²) in [6.45, 7) is 3.57. The molecule has 6 heteroatoms. The molecule has 104 valence electrons. The molecule has 1 saturated carbocycles. The Hall–Kier alpha value is -0.360. The van der Waals surface area contributed by atoms with Gasteiger partial charge in [-0.25, -0.2) is 0 Å². The first-order valence-electron chi connectivity index (χ1n) is 6.36. The van der Waals surface area contributed by atoms with Crippen LogP contribution in [-0.4, -0.2) is 40.7 Å². The van der Waals surface area contributed by atoms with Crippen LogP contribution in [0.5, 0.6) is 0 Å². The molecule has 18 heavy (non-hydrogen) atoms. The predicted octanol–water partition coefficient (Wildman–Crippen LogP) is 1.21. The lowest BCUT2D eigenvalue weighted by Crippen LogP contribution is -2.49. The van der Waals surface area contributed by atoms with Crippen molar-refractivity contribution >= 4 is 36.2 Å². The number of carbonyl (C=O) groups excluding carboxylic acids is 2. The largest absolute Gasteiger partial charge is 0.352 e. The molecule has 0 saturated heterocycles. The van der Waals surface area contributed by atoms with Crippen molar-refractivity contribution in [3.63, 3.8) is 0 Å². The quantitative estimate of drug-likeness (QED) is 0.645. The average Bonchev–Trinajstić information content (AvgIpc) is 2.73. The lowest BCUT2D eigenvalue weighted by molar-refractivity contribution is -0.127. The zero-order chi connectivity index (χ0) is 13.5. The van der Waals surface area contributed by atoms with Gasteiger partial charge in [-0.05, 0) is 25.0 Å². The molecule has 2 amide bonds. The molecule has 4 nitrogen and oxygen atoms in total. The lowest BCUT2D eigenvalue weighted by atomic mass is 10.2. The summed E-state index contributed by atoms with van der Waals surface area (Å²) in [7, 11) is 0. The lowest BCUT2D eigenvalue weighted by Gasteiger charge is -2.19. The zero-order valence-electron chi connectivity index (χ0n) is 10.9. The average molecular weight is 290 g/mol. The fraction of sp³-hybridized carbons (Fsp3) is 0.833. The molecule has 1 fully saturated rings. The van der Waals surface area contributed by atoms with Crippen LogP contribution in [0, 0.1) is 0 Å². The first-order valence-corrected chi connectivity index (χ1v) is 8.04. The van der Waals surface area contributed by atoms with E-state index in [2.05, 4.69) is 30.2 Å².